The zero-order chi connectivity index (χ0) is 19.3. The van der Waals surface area contributed by atoms with Crippen LogP contribution in [0.5, 0.6) is 0 Å². The van der Waals surface area contributed by atoms with Gasteiger partial charge in [0, 0.05) is 0 Å². The van der Waals surface area contributed by atoms with Gasteiger partial charge in [-0.3, -0.25) is 0 Å². The first-order chi connectivity index (χ1) is 13.1. The van der Waals surface area contributed by atoms with Gasteiger partial charge in [0.15, 0.2) is 0 Å². The molecule has 0 heterocycles. The van der Waals surface area contributed by atoms with E-state index in [1.807, 2.05) is 91.0 Å². The van der Waals surface area contributed by atoms with Gasteiger partial charge in [0.2, 0.25) is 0 Å². The second kappa shape index (κ2) is 8.28. The number of benzene rings is 3. The number of hydrogen-bond donors (Lipinski definition) is 0. The minimum absolute atomic E-state index is 0.245. The number of methoxy groups -OCH3 is 1. The van der Waals surface area contributed by atoms with E-state index in [2.05, 4.69) is 0 Å². The molecule has 0 fully saturated rings. The summed E-state index contributed by atoms with van der Waals surface area (Å²) < 4.78 is 8.36. The molecule has 0 atom stereocenters. The third-order valence-corrected chi connectivity index (χ3v) is 13.7. The Morgan fingerprint density at radius 2 is 1.00 bits per heavy atom. The van der Waals surface area contributed by atoms with E-state index in [9.17, 15) is 9.59 Å². The van der Waals surface area contributed by atoms with Crippen LogP contribution in [0.3, 0.4) is 0 Å². The Kier molecular flexibility index (Phi) is 5.83. The first-order valence-corrected chi connectivity index (χ1v) is 12.4. The Morgan fingerprint density at radius 1 is 0.667 bits per heavy atom. The molecule has 0 aliphatic heterocycles. The summed E-state index contributed by atoms with van der Waals surface area (Å²) in [4.78, 5) is 25.7. The van der Waals surface area contributed by atoms with E-state index in [-0.39, 0.29) is 10.1 Å². The predicted molar refractivity (Wildman–Crippen MR) is 112 cm³/mol. The van der Waals surface area contributed by atoms with Crippen molar-refractivity contribution in [3.05, 3.63) is 91.0 Å². The number of ether oxygens (including phenoxy) is 1. The standard InChI is InChI=1S/C23H21AsO3/c1-18(25)22(23(26)27-2)24(19-12-6-3-7-13-19,20-14-8-4-9-15-20)21-16-10-5-11-17-21/h3-17H,1-2H3. The Labute approximate surface area is 161 Å². The average Bonchev–Trinajstić information content (AvgIpc) is 2.73. The molecule has 3 aromatic rings. The Balaban J connectivity index is 2.63. The summed E-state index contributed by atoms with van der Waals surface area (Å²) in [5.41, 5.74) is 0. The third kappa shape index (κ3) is 3.43. The fraction of sp³-hybridized carbons (Fsp3) is 0.0870. The molecule has 0 aromatic heterocycles. The molecule has 3 nitrogen and oxygen atoms in total. The van der Waals surface area contributed by atoms with Gasteiger partial charge in [-0.05, 0) is 0 Å². The molecule has 0 saturated heterocycles. The van der Waals surface area contributed by atoms with Crippen molar-refractivity contribution >= 4 is 42.2 Å². The van der Waals surface area contributed by atoms with Crippen LogP contribution in [0.1, 0.15) is 6.92 Å². The van der Waals surface area contributed by atoms with Gasteiger partial charge in [0.25, 0.3) is 0 Å². The van der Waals surface area contributed by atoms with Crippen molar-refractivity contribution in [3.8, 4) is 0 Å². The number of esters is 1. The molecule has 0 aliphatic rings. The topological polar surface area (TPSA) is 43.4 Å². The summed E-state index contributed by atoms with van der Waals surface area (Å²) in [6.07, 6.45) is 0. The second-order valence-corrected chi connectivity index (χ2v) is 13.1. The van der Waals surface area contributed by atoms with Gasteiger partial charge in [-0.2, -0.15) is 0 Å². The molecular formula is C23H21AsO3. The average molecular weight is 420 g/mol. The number of carbonyl (C=O) groups is 2. The third-order valence-electron chi connectivity index (χ3n) is 4.48. The molecule has 0 unspecified atom stereocenters. The van der Waals surface area contributed by atoms with Crippen LogP contribution in [0.2, 0.25) is 0 Å². The van der Waals surface area contributed by atoms with Crippen LogP contribution >= 0.6 is 0 Å². The van der Waals surface area contributed by atoms with Crippen molar-refractivity contribution in [2.75, 3.05) is 7.11 Å². The number of ketones is 1. The van der Waals surface area contributed by atoms with Crippen molar-refractivity contribution in [2.24, 2.45) is 0 Å². The number of Topliss-reactive ketones (excluding diaryl/α,β-unsaturated/α-hetero) is 1. The molecule has 4 heteroatoms. The van der Waals surface area contributed by atoms with Gasteiger partial charge in [-0.1, -0.05) is 0 Å². The zero-order valence-electron chi connectivity index (χ0n) is 15.3. The van der Waals surface area contributed by atoms with Gasteiger partial charge >= 0.3 is 162 Å². The normalized spacial score (nSPS) is 10.9. The van der Waals surface area contributed by atoms with Gasteiger partial charge in [-0.15, -0.1) is 0 Å². The molecule has 0 saturated carbocycles. The van der Waals surface area contributed by atoms with E-state index < -0.39 is 19.1 Å². The van der Waals surface area contributed by atoms with Crippen molar-refractivity contribution in [2.45, 2.75) is 6.92 Å². The summed E-state index contributed by atoms with van der Waals surface area (Å²) in [7, 11) is 1.33. The van der Waals surface area contributed by atoms with Crippen LogP contribution in [0, 0.1) is 0 Å². The van der Waals surface area contributed by atoms with E-state index in [1.54, 1.807) is 0 Å². The Hall–Kier alpha value is -2.77. The molecule has 0 amide bonds. The molecule has 3 aromatic carbocycles. The maximum atomic E-state index is 12.9. The SMILES string of the molecule is COC(=O)C(C(C)=O)=[As](c1ccccc1)(c1ccccc1)c1ccccc1. The van der Waals surface area contributed by atoms with E-state index in [4.69, 9.17) is 4.74 Å². The molecule has 0 N–H and O–H groups in total. The molecule has 27 heavy (non-hydrogen) atoms. The molecular weight excluding hydrogens is 399 g/mol. The van der Waals surface area contributed by atoms with E-state index >= 15 is 0 Å². The van der Waals surface area contributed by atoms with E-state index in [0.717, 1.165) is 13.1 Å². The number of rotatable bonds is 5. The van der Waals surface area contributed by atoms with E-state index in [0.29, 0.717) is 0 Å². The quantitative estimate of drug-likeness (QED) is 0.359. The van der Waals surface area contributed by atoms with Gasteiger partial charge in [0.1, 0.15) is 0 Å². The molecule has 0 bridgehead atoms. The maximum absolute atomic E-state index is 12.9. The fourth-order valence-corrected chi connectivity index (χ4v) is 12.6. The van der Waals surface area contributed by atoms with Crippen LogP contribution in [0.15, 0.2) is 91.0 Å². The first kappa shape index (κ1) is 19.0. The van der Waals surface area contributed by atoms with Crippen molar-refractivity contribution in [3.63, 3.8) is 0 Å². The molecule has 3 rings (SSSR count). The number of carbonyl (C=O) groups excluding carboxylic acids is 2. The van der Waals surface area contributed by atoms with Crippen LogP contribution < -0.4 is 13.1 Å². The summed E-state index contributed by atoms with van der Waals surface area (Å²) in [6.45, 7) is 1.46. The van der Waals surface area contributed by atoms with E-state index in [1.165, 1.54) is 14.0 Å². The van der Waals surface area contributed by atoms with Gasteiger partial charge in [0.05, 0.1) is 0 Å². The molecule has 0 spiro atoms. The second-order valence-electron chi connectivity index (χ2n) is 6.07. The van der Waals surface area contributed by atoms with Crippen LogP contribution in [-0.4, -0.2) is 36.3 Å². The van der Waals surface area contributed by atoms with Crippen LogP contribution in [0.4, 0.5) is 0 Å². The van der Waals surface area contributed by atoms with Gasteiger partial charge in [-0.25, -0.2) is 0 Å². The van der Waals surface area contributed by atoms with Gasteiger partial charge < -0.3 is 0 Å². The predicted octanol–water partition coefficient (Wildman–Crippen LogP) is 1.67. The van der Waals surface area contributed by atoms with Crippen molar-refractivity contribution in [1.29, 1.82) is 0 Å². The Morgan fingerprint density at radius 3 is 1.26 bits per heavy atom. The molecule has 0 radical (unpaired) electrons. The summed E-state index contributed by atoms with van der Waals surface area (Å²) in [6, 6.07) is 29.6. The minimum atomic E-state index is -3.59. The first-order valence-electron chi connectivity index (χ1n) is 8.65. The summed E-state index contributed by atoms with van der Waals surface area (Å²) >= 11 is -3.59. The molecule has 136 valence electrons. The Bertz CT molecular complexity index is 890. The van der Waals surface area contributed by atoms with Crippen LogP contribution in [0.25, 0.3) is 0 Å². The molecule has 0 aliphatic carbocycles. The van der Waals surface area contributed by atoms with Crippen molar-refractivity contribution < 1.29 is 14.3 Å². The fourth-order valence-electron chi connectivity index (χ4n) is 3.40. The van der Waals surface area contributed by atoms with Crippen molar-refractivity contribution in [1.82, 2.24) is 0 Å². The number of hydrogen-bond acceptors (Lipinski definition) is 3. The van der Waals surface area contributed by atoms with Crippen LogP contribution in [-0.2, 0) is 14.3 Å². The summed E-state index contributed by atoms with van der Waals surface area (Å²) in [5, 5.41) is 0. The zero-order valence-corrected chi connectivity index (χ0v) is 17.2. The summed E-state index contributed by atoms with van der Waals surface area (Å²) in [5.74, 6) is -0.794. The monoisotopic (exact) mass is 420 g/mol.